The highest BCUT2D eigenvalue weighted by Crippen LogP contribution is 2.37. The molecule has 1 saturated heterocycles. The van der Waals surface area contributed by atoms with E-state index in [-0.39, 0.29) is 11.5 Å². The van der Waals surface area contributed by atoms with Crippen LogP contribution in [0.25, 0.3) is 0 Å². The van der Waals surface area contributed by atoms with Crippen molar-refractivity contribution >= 4 is 34.8 Å². The minimum absolute atomic E-state index is 0.270. The average Bonchev–Trinajstić information content (AvgIpc) is 3.08. The Labute approximate surface area is 158 Å². The molecule has 0 radical (unpaired) electrons. The van der Waals surface area contributed by atoms with Gasteiger partial charge in [-0.05, 0) is 37.7 Å². The molecule has 2 rings (SSSR count). The van der Waals surface area contributed by atoms with Crippen molar-refractivity contribution in [1.82, 2.24) is 15.3 Å². The Kier molecular flexibility index (Phi) is 6.50. The first-order valence-electron chi connectivity index (χ1n) is 7.82. The van der Waals surface area contributed by atoms with Crippen LogP contribution in [0.15, 0.2) is 24.3 Å². The lowest BCUT2D eigenvalue weighted by Gasteiger charge is -2.31. The van der Waals surface area contributed by atoms with Gasteiger partial charge in [0.2, 0.25) is 0 Å². The van der Waals surface area contributed by atoms with Gasteiger partial charge in [-0.3, -0.25) is 9.80 Å². The molecule has 25 heavy (non-hydrogen) atoms. The van der Waals surface area contributed by atoms with Gasteiger partial charge in [0.1, 0.15) is 11.3 Å². The molecule has 1 aromatic carbocycles. The van der Waals surface area contributed by atoms with Crippen LogP contribution < -0.4 is 14.8 Å². The Balaban J connectivity index is 2.32. The van der Waals surface area contributed by atoms with Crippen molar-refractivity contribution in [3.8, 4) is 11.5 Å². The van der Waals surface area contributed by atoms with Crippen molar-refractivity contribution in [2.75, 3.05) is 33.9 Å². The first-order valence-corrected chi connectivity index (χ1v) is 8.61. The summed E-state index contributed by atoms with van der Waals surface area (Å²) < 4.78 is 10.7. The number of carbonyl (C=O) groups excluding carboxylic acids is 1. The molecule has 1 aliphatic rings. The summed E-state index contributed by atoms with van der Waals surface area (Å²) >= 11 is 11.6. The van der Waals surface area contributed by atoms with Gasteiger partial charge < -0.3 is 14.8 Å². The molecule has 8 heteroatoms. The lowest BCUT2D eigenvalue weighted by Crippen LogP contribution is -2.49. The number of ether oxygens (including phenoxy) is 2. The highest BCUT2D eigenvalue weighted by atomic mass is 35.5. The summed E-state index contributed by atoms with van der Waals surface area (Å²) in [5.74, 6) is 0.422. The number of nitrogens with zero attached hydrogens (tertiary/aromatic N) is 2. The normalized spacial score (nSPS) is 13.6. The van der Waals surface area contributed by atoms with E-state index in [2.05, 4.69) is 11.9 Å². The summed E-state index contributed by atoms with van der Waals surface area (Å²) in [6.07, 6.45) is 0.811. The number of thiocarbonyl (C=S) groups is 1. The van der Waals surface area contributed by atoms with Crippen LogP contribution in [0.1, 0.15) is 23.7 Å². The number of hydrazine groups is 1. The van der Waals surface area contributed by atoms with Crippen LogP contribution in [0, 0.1) is 0 Å². The van der Waals surface area contributed by atoms with E-state index < -0.39 is 0 Å². The second-order valence-electron chi connectivity index (χ2n) is 5.68. The van der Waals surface area contributed by atoms with E-state index in [1.807, 2.05) is 6.92 Å². The van der Waals surface area contributed by atoms with Gasteiger partial charge in [0, 0.05) is 19.6 Å². The third-order valence-electron chi connectivity index (χ3n) is 3.75. The first kappa shape index (κ1) is 19.3. The number of nitrogens with one attached hydrogen (secondary N) is 1. The molecule has 1 heterocycles. The maximum absolute atomic E-state index is 13.2. The van der Waals surface area contributed by atoms with Gasteiger partial charge in [0.25, 0.3) is 5.91 Å². The predicted octanol–water partition coefficient (Wildman–Crippen LogP) is 2.87. The van der Waals surface area contributed by atoms with E-state index in [1.54, 1.807) is 22.2 Å². The number of hydrogen-bond donors (Lipinski definition) is 1. The zero-order valence-corrected chi connectivity index (χ0v) is 16.2. The Morgan fingerprint density at radius 3 is 2.60 bits per heavy atom. The molecule has 1 amide bonds. The highest BCUT2D eigenvalue weighted by Gasteiger charge is 2.33. The Hall–Kier alpha value is -1.99. The van der Waals surface area contributed by atoms with Gasteiger partial charge in [-0.25, -0.2) is 5.01 Å². The van der Waals surface area contributed by atoms with Gasteiger partial charge in [0.05, 0.1) is 19.2 Å². The SMILES string of the molecule is C=C(C)CNC(=S)N1CCCN1C(=O)c1c(OC)ccc(Cl)c1OC. The molecule has 6 nitrogen and oxygen atoms in total. The van der Waals surface area contributed by atoms with Crippen LogP contribution in [-0.4, -0.2) is 54.9 Å². The molecule has 0 aromatic heterocycles. The summed E-state index contributed by atoms with van der Waals surface area (Å²) in [6.45, 7) is 7.51. The lowest BCUT2D eigenvalue weighted by atomic mass is 10.1. The van der Waals surface area contributed by atoms with Crippen LogP contribution in [0.4, 0.5) is 0 Å². The molecule has 1 aliphatic heterocycles. The zero-order valence-electron chi connectivity index (χ0n) is 14.6. The Morgan fingerprint density at radius 2 is 2.00 bits per heavy atom. The summed E-state index contributed by atoms with van der Waals surface area (Å²) in [5.41, 5.74) is 1.24. The number of hydrogen-bond acceptors (Lipinski definition) is 4. The number of carbonyl (C=O) groups is 1. The van der Waals surface area contributed by atoms with Crippen LogP contribution in [0.5, 0.6) is 11.5 Å². The number of amides is 1. The third kappa shape index (κ3) is 4.16. The van der Waals surface area contributed by atoms with E-state index in [0.29, 0.717) is 41.3 Å². The quantitative estimate of drug-likeness (QED) is 0.623. The molecule has 0 aliphatic carbocycles. The summed E-state index contributed by atoms with van der Waals surface area (Å²) in [4.78, 5) is 13.2. The third-order valence-corrected chi connectivity index (χ3v) is 4.40. The maximum atomic E-state index is 13.2. The minimum Gasteiger partial charge on any atom is -0.496 e. The summed E-state index contributed by atoms with van der Waals surface area (Å²) in [5, 5.41) is 7.27. The van der Waals surface area contributed by atoms with Crippen LogP contribution in [0.2, 0.25) is 5.02 Å². The molecular weight excluding hydrogens is 362 g/mol. The minimum atomic E-state index is -0.270. The number of methoxy groups -OCH3 is 2. The van der Waals surface area contributed by atoms with Crippen molar-refractivity contribution in [1.29, 1.82) is 0 Å². The Morgan fingerprint density at radius 1 is 1.32 bits per heavy atom. The van der Waals surface area contributed by atoms with E-state index in [0.717, 1.165) is 12.0 Å². The molecule has 1 aromatic rings. The van der Waals surface area contributed by atoms with Crippen molar-refractivity contribution in [2.24, 2.45) is 0 Å². The van der Waals surface area contributed by atoms with Crippen LogP contribution in [0.3, 0.4) is 0 Å². The van der Waals surface area contributed by atoms with Gasteiger partial charge in [-0.2, -0.15) is 0 Å². The van der Waals surface area contributed by atoms with Crippen molar-refractivity contribution in [3.63, 3.8) is 0 Å². The molecule has 0 spiro atoms. The first-order chi connectivity index (χ1) is 11.9. The molecule has 0 atom stereocenters. The van der Waals surface area contributed by atoms with E-state index in [1.165, 1.54) is 14.2 Å². The van der Waals surface area contributed by atoms with E-state index >= 15 is 0 Å². The predicted molar refractivity (Wildman–Crippen MR) is 102 cm³/mol. The summed E-state index contributed by atoms with van der Waals surface area (Å²) in [6, 6.07) is 3.28. The molecular formula is C17H22ClN3O3S. The number of benzene rings is 1. The van der Waals surface area contributed by atoms with E-state index in [4.69, 9.17) is 33.3 Å². The number of halogens is 1. The van der Waals surface area contributed by atoms with Gasteiger partial charge in [0.15, 0.2) is 10.9 Å². The van der Waals surface area contributed by atoms with E-state index in [9.17, 15) is 4.79 Å². The second kappa shape index (κ2) is 8.40. The zero-order chi connectivity index (χ0) is 18.6. The maximum Gasteiger partial charge on any atom is 0.280 e. The smallest absolute Gasteiger partial charge is 0.280 e. The molecule has 0 bridgehead atoms. The second-order valence-corrected chi connectivity index (χ2v) is 6.47. The van der Waals surface area contributed by atoms with Crippen molar-refractivity contribution in [3.05, 3.63) is 34.9 Å². The van der Waals surface area contributed by atoms with Gasteiger partial charge >= 0.3 is 0 Å². The number of rotatable bonds is 5. The standard InChI is InChI=1S/C17H22ClN3O3S/c1-11(2)10-19-17(25)21-9-5-8-20(21)16(22)14-13(23-3)7-6-12(18)15(14)24-4/h6-7H,1,5,8-10H2,2-4H3,(H,19,25). The molecule has 136 valence electrons. The van der Waals surface area contributed by atoms with Gasteiger partial charge in [-0.1, -0.05) is 23.8 Å². The van der Waals surface area contributed by atoms with Crippen molar-refractivity contribution < 1.29 is 14.3 Å². The topological polar surface area (TPSA) is 54.0 Å². The van der Waals surface area contributed by atoms with Crippen LogP contribution in [-0.2, 0) is 0 Å². The van der Waals surface area contributed by atoms with Crippen LogP contribution >= 0.6 is 23.8 Å². The molecule has 0 saturated carbocycles. The fourth-order valence-electron chi connectivity index (χ4n) is 2.59. The lowest BCUT2D eigenvalue weighted by molar-refractivity contribution is 0.0485. The molecule has 1 fully saturated rings. The fourth-order valence-corrected chi connectivity index (χ4v) is 3.09. The Bertz CT molecular complexity index is 696. The molecule has 0 unspecified atom stereocenters. The average molecular weight is 384 g/mol. The summed E-state index contributed by atoms with van der Waals surface area (Å²) in [7, 11) is 2.97. The largest absolute Gasteiger partial charge is 0.496 e. The fraction of sp³-hybridized carbons (Fsp3) is 0.412. The van der Waals surface area contributed by atoms with Crippen molar-refractivity contribution in [2.45, 2.75) is 13.3 Å². The molecule has 1 N–H and O–H groups in total. The van der Waals surface area contributed by atoms with Gasteiger partial charge in [-0.15, -0.1) is 0 Å². The monoisotopic (exact) mass is 383 g/mol. The highest BCUT2D eigenvalue weighted by molar-refractivity contribution is 7.80.